The first-order valence-corrected chi connectivity index (χ1v) is 9.77. The summed E-state index contributed by atoms with van der Waals surface area (Å²) in [7, 11) is 1.71. The standard InChI is InChI=1S/C20H18ClFN6O/c1-9(10-3-4-10)25-20(29)12-7-23-19-17(12)26-14(8-24-19)18-16-13(22)5-11(21)6-15(16)28(2)27-18/h5-10H,3-4H2,1-2H3,(H,23,24)(H,25,29)/t9-/m0/s1. The van der Waals surface area contributed by atoms with E-state index in [0.717, 1.165) is 12.8 Å². The van der Waals surface area contributed by atoms with E-state index in [1.54, 1.807) is 24.0 Å². The number of hydrogen-bond donors (Lipinski definition) is 2. The van der Waals surface area contributed by atoms with Crippen LogP contribution in [0.2, 0.25) is 5.02 Å². The molecule has 0 spiro atoms. The Bertz CT molecular complexity index is 1280. The van der Waals surface area contributed by atoms with Crippen molar-refractivity contribution in [3.63, 3.8) is 0 Å². The molecule has 0 unspecified atom stereocenters. The molecule has 0 bridgehead atoms. The van der Waals surface area contributed by atoms with E-state index < -0.39 is 5.82 Å². The van der Waals surface area contributed by atoms with Gasteiger partial charge in [0.15, 0.2) is 5.65 Å². The Morgan fingerprint density at radius 3 is 2.97 bits per heavy atom. The summed E-state index contributed by atoms with van der Waals surface area (Å²) in [4.78, 5) is 24.6. The summed E-state index contributed by atoms with van der Waals surface area (Å²) in [6, 6.07) is 3.01. The van der Waals surface area contributed by atoms with Crippen LogP contribution in [0, 0.1) is 11.7 Å². The van der Waals surface area contributed by atoms with Crippen molar-refractivity contribution in [3.8, 4) is 11.4 Å². The minimum absolute atomic E-state index is 0.113. The van der Waals surface area contributed by atoms with Gasteiger partial charge in [-0.3, -0.25) is 9.48 Å². The summed E-state index contributed by atoms with van der Waals surface area (Å²) in [6.45, 7) is 2.01. The molecule has 5 rings (SSSR count). The van der Waals surface area contributed by atoms with Crippen molar-refractivity contribution in [1.82, 2.24) is 30.0 Å². The SMILES string of the molecule is C[C@H](NC(=O)c1c[nH]c2ncc(-c3nn(C)c4cc(Cl)cc(F)c34)nc12)C1CC1. The monoisotopic (exact) mass is 412 g/mol. The van der Waals surface area contributed by atoms with Crippen molar-refractivity contribution in [2.45, 2.75) is 25.8 Å². The quantitative estimate of drug-likeness (QED) is 0.533. The largest absolute Gasteiger partial charge is 0.349 e. The summed E-state index contributed by atoms with van der Waals surface area (Å²) in [5.41, 5.74) is 2.61. The van der Waals surface area contributed by atoms with Gasteiger partial charge in [0.25, 0.3) is 5.91 Å². The van der Waals surface area contributed by atoms with E-state index >= 15 is 0 Å². The van der Waals surface area contributed by atoms with Crippen molar-refractivity contribution in [2.75, 3.05) is 0 Å². The third-order valence-electron chi connectivity index (χ3n) is 5.43. The predicted molar refractivity (Wildman–Crippen MR) is 108 cm³/mol. The van der Waals surface area contributed by atoms with Gasteiger partial charge in [-0.05, 0) is 37.8 Å². The Hall–Kier alpha value is -3.00. The van der Waals surface area contributed by atoms with Crippen LogP contribution in [-0.2, 0) is 7.05 Å². The third-order valence-corrected chi connectivity index (χ3v) is 5.64. The van der Waals surface area contributed by atoms with Crippen LogP contribution in [0.1, 0.15) is 30.1 Å². The second-order valence-electron chi connectivity index (χ2n) is 7.51. The third kappa shape index (κ3) is 3.04. The number of nitrogens with zero attached hydrogens (tertiary/aromatic N) is 4. The van der Waals surface area contributed by atoms with E-state index in [1.165, 1.54) is 12.3 Å². The Labute approximate surface area is 170 Å². The molecule has 9 heteroatoms. The maximum absolute atomic E-state index is 14.6. The van der Waals surface area contributed by atoms with Crippen LogP contribution < -0.4 is 5.32 Å². The number of H-pyrrole nitrogens is 1. The molecular formula is C20H18ClFN6O. The summed E-state index contributed by atoms with van der Waals surface area (Å²) in [5.74, 6) is -0.144. The van der Waals surface area contributed by atoms with Crippen LogP contribution in [0.5, 0.6) is 0 Å². The smallest absolute Gasteiger partial charge is 0.255 e. The Morgan fingerprint density at radius 2 is 2.21 bits per heavy atom. The summed E-state index contributed by atoms with van der Waals surface area (Å²) in [5, 5.41) is 8.04. The average Bonchev–Trinajstić information content (AvgIpc) is 3.37. The minimum atomic E-state index is -0.484. The highest BCUT2D eigenvalue weighted by atomic mass is 35.5. The molecule has 148 valence electrons. The highest BCUT2D eigenvalue weighted by Crippen LogP contribution is 2.33. The summed E-state index contributed by atoms with van der Waals surface area (Å²) in [6.07, 6.45) is 5.40. The molecule has 1 fully saturated rings. The maximum atomic E-state index is 14.6. The number of halogens is 2. The zero-order valence-corrected chi connectivity index (χ0v) is 16.6. The lowest BCUT2D eigenvalue weighted by Gasteiger charge is -2.11. The molecule has 0 saturated heterocycles. The molecule has 1 amide bonds. The second kappa shape index (κ2) is 6.52. The molecule has 4 aromatic rings. The molecule has 1 aliphatic rings. The first-order chi connectivity index (χ1) is 13.9. The van der Waals surface area contributed by atoms with Crippen LogP contribution in [0.15, 0.2) is 24.5 Å². The number of fused-ring (bicyclic) bond motifs is 2. The van der Waals surface area contributed by atoms with Crippen LogP contribution in [0.4, 0.5) is 4.39 Å². The van der Waals surface area contributed by atoms with Gasteiger partial charge < -0.3 is 10.3 Å². The van der Waals surface area contributed by atoms with Crippen molar-refractivity contribution in [2.24, 2.45) is 13.0 Å². The fourth-order valence-corrected chi connectivity index (χ4v) is 3.86. The summed E-state index contributed by atoms with van der Waals surface area (Å²) >= 11 is 5.98. The highest BCUT2D eigenvalue weighted by molar-refractivity contribution is 6.31. The number of aryl methyl sites for hydroxylation is 1. The predicted octanol–water partition coefficient (Wildman–Crippen LogP) is 3.83. The van der Waals surface area contributed by atoms with Crippen molar-refractivity contribution < 1.29 is 9.18 Å². The number of carbonyl (C=O) groups is 1. The van der Waals surface area contributed by atoms with Gasteiger partial charge in [0.2, 0.25) is 0 Å². The Morgan fingerprint density at radius 1 is 1.41 bits per heavy atom. The van der Waals surface area contributed by atoms with Crippen LogP contribution in [0.3, 0.4) is 0 Å². The lowest BCUT2D eigenvalue weighted by atomic mass is 10.1. The first kappa shape index (κ1) is 18.1. The molecule has 0 radical (unpaired) electrons. The van der Waals surface area contributed by atoms with Crippen molar-refractivity contribution in [3.05, 3.63) is 40.9 Å². The van der Waals surface area contributed by atoms with Gasteiger partial charge in [0.1, 0.15) is 22.7 Å². The highest BCUT2D eigenvalue weighted by Gasteiger charge is 2.30. The van der Waals surface area contributed by atoms with Gasteiger partial charge in [-0.1, -0.05) is 11.6 Å². The molecule has 29 heavy (non-hydrogen) atoms. The second-order valence-corrected chi connectivity index (χ2v) is 7.94. The van der Waals surface area contributed by atoms with Gasteiger partial charge >= 0.3 is 0 Å². The number of nitrogens with one attached hydrogen (secondary N) is 2. The van der Waals surface area contributed by atoms with E-state index in [2.05, 4.69) is 25.4 Å². The van der Waals surface area contributed by atoms with Crippen molar-refractivity contribution >= 4 is 39.6 Å². The fourth-order valence-electron chi connectivity index (χ4n) is 3.66. The number of aromatic amines is 1. The van der Waals surface area contributed by atoms with E-state index in [0.29, 0.717) is 50.0 Å². The number of carbonyl (C=O) groups excluding carboxylic acids is 1. The molecule has 1 aromatic carbocycles. The van der Waals surface area contributed by atoms with Crippen molar-refractivity contribution in [1.29, 1.82) is 0 Å². The van der Waals surface area contributed by atoms with E-state index in [9.17, 15) is 9.18 Å². The van der Waals surface area contributed by atoms with E-state index in [4.69, 9.17) is 11.6 Å². The van der Waals surface area contributed by atoms with Gasteiger partial charge in [-0.2, -0.15) is 5.10 Å². The van der Waals surface area contributed by atoms with Gasteiger partial charge in [0.05, 0.1) is 22.7 Å². The molecule has 0 aliphatic heterocycles. The van der Waals surface area contributed by atoms with E-state index in [-0.39, 0.29) is 11.9 Å². The van der Waals surface area contributed by atoms with Gasteiger partial charge in [0, 0.05) is 24.3 Å². The molecule has 1 saturated carbocycles. The fraction of sp³-hybridized carbons (Fsp3) is 0.300. The Kier molecular flexibility index (Phi) is 4.06. The zero-order chi connectivity index (χ0) is 20.3. The number of benzene rings is 1. The van der Waals surface area contributed by atoms with Gasteiger partial charge in [-0.15, -0.1) is 0 Å². The molecule has 2 N–H and O–H groups in total. The molecular weight excluding hydrogens is 395 g/mol. The number of rotatable bonds is 4. The molecule has 3 aromatic heterocycles. The summed E-state index contributed by atoms with van der Waals surface area (Å²) < 4.78 is 16.2. The van der Waals surface area contributed by atoms with Gasteiger partial charge in [-0.25, -0.2) is 14.4 Å². The molecule has 1 atom stereocenters. The zero-order valence-electron chi connectivity index (χ0n) is 15.8. The molecule has 7 nitrogen and oxygen atoms in total. The molecule has 1 aliphatic carbocycles. The minimum Gasteiger partial charge on any atom is -0.349 e. The number of aromatic nitrogens is 5. The van der Waals surface area contributed by atoms with Crippen LogP contribution in [-0.4, -0.2) is 36.7 Å². The Balaban J connectivity index is 1.60. The topological polar surface area (TPSA) is 88.5 Å². The number of amides is 1. The van der Waals surface area contributed by atoms with Crippen LogP contribution >= 0.6 is 11.6 Å². The normalized spacial score (nSPS) is 15.2. The lowest BCUT2D eigenvalue weighted by molar-refractivity contribution is 0.0937. The van der Waals surface area contributed by atoms with Crippen LogP contribution in [0.25, 0.3) is 33.5 Å². The lowest BCUT2D eigenvalue weighted by Crippen LogP contribution is -2.33. The average molecular weight is 413 g/mol. The first-order valence-electron chi connectivity index (χ1n) is 9.39. The number of hydrogen-bond acceptors (Lipinski definition) is 4. The molecule has 3 heterocycles. The maximum Gasteiger partial charge on any atom is 0.255 e. The van der Waals surface area contributed by atoms with E-state index in [1.807, 2.05) is 6.92 Å².